The van der Waals surface area contributed by atoms with Crippen LogP contribution in [-0.2, 0) is 10.8 Å². The molecule has 6 nitrogen and oxygen atoms in total. The van der Waals surface area contributed by atoms with Crippen LogP contribution in [0.25, 0.3) is 16.9 Å². The van der Waals surface area contributed by atoms with E-state index in [4.69, 9.17) is 4.74 Å². The Hall–Kier alpha value is -2.82. The van der Waals surface area contributed by atoms with Gasteiger partial charge in [-0.05, 0) is 30.7 Å². The van der Waals surface area contributed by atoms with Crippen molar-refractivity contribution in [3.63, 3.8) is 0 Å². The predicted octanol–water partition coefficient (Wildman–Crippen LogP) is 3.74. The van der Waals surface area contributed by atoms with E-state index >= 15 is 0 Å². The lowest BCUT2D eigenvalue weighted by atomic mass is 10.1. The van der Waals surface area contributed by atoms with Crippen LogP contribution in [0.5, 0.6) is 5.75 Å². The summed E-state index contributed by atoms with van der Waals surface area (Å²) in [5, 5.41) is 7.04. The second-order valence-electron chi connectivity index (χ2n) is 5.63. The normalized spacial score (nSPS) is 12.6. The summed E-state index contributed by atoms with van der Waals surface area (Å²) in [6, 6.07) is 4.24. The minimum Gasteiger partial charge on any atom is -0.484 e. The maximum Gasteiger partial charge on any atom is 0.422 e. The summed E-state index contributed by atoms with van der Waals surface area (Å²) in [4.78, 5) is 4.14. The number of hydrogen-bond acceptors (Lipinski definition) is 5. The highest BCUT2D eigenvalue weighted by Gasteiger charge is 2.37. The molecule has 0 aliphatic heterocycles. The number of fused-ring (bicyclic) bond motifs is 1. The zero-order valence-electron chi connectivity index (χ0n) is 14.1. The lowest BCUT2D eigenvalue weighted by Crippen LogP contribution is -2.19. The first-order valence-corrected chi connectivity index (χ1v) is 7.55. The van der Waals surface area contributed by atoms with Gasteiger partial charge >= 0.3 is 12.3 Å². The molecule has 0 aliphatic carbocycles. The third-order valence-electron chi connectivity index (χ3n) is 3.69. The van der Waals surface area contributed by atoms with Crippen LogP contribution in [0.15, 0.2) is 30.6 Å². The van der Waals surface area contributed by atoms with Gasteiger partial charge in [-0.3, -0.25) is 9.38 Å². The number of ether oxygens (including phenoxy) is 2. The predicted molar refractivity (Wildman–Crippen MR) is 83.4 cm³/mol. The summed E-state index contributed by atoms with van der Waals surface area (Å²) in [5.41, 5.74) is 1.47. The highest BCUT2D eigenvalue weighted by Crippen LogP contribution is 2.30. The van der Waals surface area contributed by atoms with E-state index in [1.807, 2.05) is 0 Å². The highest BCUT2D eigenvalue weighted by molar-refractivity contribution is 5.65. The molecule has 1 aromatic carbocycles. The van der Waals surface area contributed by atoms with Gasteiger partial charge in [0.1, 0.15) is 5.75 Å². The first kappa shape index (κ1) is 19.0. The number of aryl methyl sites for hydroxylation is 1. The molecule has 0 saturated heterocycles. The average Bonchev–Trinajstić information content (AvgIpc) is 3.03. The van der Waals surface area contributed by atoms with Crippen LogP contribution in [0, 0.1) is 6.92 Å². The van der Waals surface area contributed by atoms with Crippen molar-refractivity contribution < 1.29 is 31.4 Å². The molecule has 11 heteroatoms. The Bertz CT molecular complexity index is 971. The summed E-state index contributed by atoms with van der Waals surface area (Å²) in [6.45, 7) is 0.227. The van der Waals surface area contributed by atoms with Gasteiger partial charge in [0, 0.05) is 18.9 Å². The molecule has 0 fully saturated rings. The Kier molecular flexibility index (Phi) is 4.72. The molecule has 0 spiro atoms. The Labute approximate surface area is 149 Å². The fourth-order valence-electron chi connectivity index (χ4n) is 2.41. The summed E-state index contributed by atoms with van der Waals surface area (Å²) in [7, 11) is 0.840. The average molecular weight is 388 g/mol. The molecule has 2 aromatic heterocycles. The monoisotopic (exact) mass is 388 g/mol. The number of hydrogen-bond donors (Lipinski definition) is 0. The van der Waals surface area contributed by atoms with Crippen LogP contribution in [0.1, 0.15) is 11.4 Å². The molecular formula is C16H13F5N4O2. The molecule has 0 atom stereocenters. The molecule has 3 aromatic rings. The molecule has 0 amide bonds. The Morgan fingerprint density at radius 3 is 2.48 bits per heavy atom. The number of rotatable bonds is 5. The van der Waals surface area contributed by atoms with E-state index in [0.717, 1.165) is 11.5 Å². The third kappa shape index (κ3) is 3.97. The number of benzene rings is 1. The number of aromatic nitrogens is 4. The molecule has 3 rings (SSSR count). The van der Waals surface area contributed by atoms with E-state index in [-0.39, 0.29) is 11.4 Å². The standard InChI is InChI=1S/C16H13F5N4O2/c1-9-5-10(27-8-15(17,18)19)3-4-11(9)12-7-25-13(6-22-12)23-24-14(25)16(20,21)26-2/h3-7H,8H2,1-2H3. The second-order valence-corrected chi connectivity index (χ2v) is 5.63. The molecule has 0 N–H and O–H groups in total. The van der Waals surface area contributed by atoms with Crippen molar-refractivity contribution in [2.24, 2.45) is 0 Å². The van der Waals surface area contributed by atoms with Gasteiger partial charge in [-0.25, -0.2) is 0 Å². The van der Waals surface area contributed by atoms with E-state index in [2.05, 4.69) is 19.9 Å². The van der Waals surface area contributed by atoms with Crippen molar-refractivity contribution in [2.45, 2.75) is 19.2 Å². The summed E-state index contributed by atoms with van der Waals surface area (Å²) in [5.74, 6) is -0.683. The van der Waals surface area contributed by atoms with Gasteiger partial charge in [-0.2, -0.15) is 22.0 Å². The van der Waals surface area contributed by atoms with Crippen LogP contribution < -0.4 is 4.74 Å². The van der Waals surface area contributed by atoms with E-state index in [1.54, 1.807) is 6.92 Å². The first-order valence-electron chi connectivity index (χ1n) is 7.55. The van der Waals surface area contributed by atoms with Crippen LogP contribution in [0.2, 0.25) is 0 Å². The maximum absolute atomic E-state index is 13.8. The number of nitrogens with zero attached hydrogens (tertiary/aromatic N) is 4. The van der Waals surface area contributed by atoms with Crippen molar-refractivity contribution in [3.8, 4) is 17.0 Å². The van der Waals surface area contributed by atoms with Gasteiger partial charge in [0.05, 0.1) is 11.9 Å². The highest BCUT2D eigenvalue weighted by atomic mass is 19.4. The number of methoxy groups -OCH3 is 1. The summed E-state index contributed by atoms with van der Waals surface area (Å²) >= 11 is 0. The summed E-state index contributed by atoms with van der Waals surface area (Å²) < 4.78 is 74.3. The van der Waals surface area contributed by atoms with E-state index < -0.39 is 24.7 Å². The first-order chi connectivity index (χ1) is 12.6. The van der Waals surface area contributed by atoms with Crippen LogP contribution in [0.3, 0.4) is 0 Å². The smallest absolute Gasteiger partial charge is 0.422 e. The molecule has 0 aliphatic rings. The van der Waals surface area contributed by atoms with Crippen LogP contribution in [0.4, 0.5) is 22.0 Å². The number of alkyl halides is 5. The fourth-order valence-corrected chi connectivity index (χ4v) is 2.41. The molecule has 27 heavy (non-hydrogen) atoms. The van der Waals surface area contributed by atoms with E-state index in [1.165, 1.54) is 30.6 Å². The third-order valence-corrected chi connectivity index (χ3v) is 3.69. The minimum absolute atomic E-state index is 0.0329. The zero-order valence-corrected chi connectivity index (χ0v) is 14.1. The Balaban J connectivity index is 1.96. The zero-order chi connectivity index (χ0) is 19.8. The molecule has 0 unspecified atom stereocenters. The van der Waals surface area contributed by atoms with Gasteiger partial charge in [0.2, 0.25) is 5.82 Å². The Morgan fingerprint density at radius 1 is 1.11 bits per heavy atom. The van der Waals surface area contributed by atoms with Crippen LogP contribution in [-0.4, -0.2) is 39.5 Å². The van der Waals surface area contributed by atoms with Crippen molar-refractivity contribution >= 4 is 5.65 Å². The van der Waals surface area contributed by atoms with E-state index in [0.29, 0.717) is 16.8 Å². The molecule has 0 bridgehead atoms. The van der Waals surface area contributed by atoms with E-state index in [9.17, 15) is 22.0 Å². The van der Waals surface area contributed by atoms with Gasteiger partial charge in [-0.1, -0.05) is 0 Å². The lowest BCUT2D eigenvalue weighted by molar-refractivity contribution is -0.237. The van der Waals surface area contributed by atoms with Gasteiger partial charge in [-0.15, -0.1) is 10.2 Å². The maximum atomic E-state index is 13.8. The van der Waals surface area contributed by atoms with Crippen molar-refractivity contribution in [1.82, 2.24) is 19.6 Å². The van der Waals surface area contributed by atoms with Gasteiger partial charge in [0.25, 0.3) is 0 Å². The topological polar surface area (TPSA) is 61.5 Å². The second kappa shape index (κ2) is 6.72. The fraction of sp³-hybridized carbons (Fsp3) is 0.312. The van der Waals surface area contributed by atoms with Crippen molar-refractivity contribution in [3.05, 3.63) is 42.0 Å². The van der Waals surface area contributed by atoms with Crippen molar-refractivity contribution in [2.75, 3.05) is 13.7 Å². The lowest BCUT2D eigenvalue weighted by Gasteiger charge is -2.13. The van der Waals surface area contributed by atoms with Crippen molar-refractivity contribution in [1.29, 1.82) is 0 Å². The molecule has 2 heterocycles. The molecule has 144 valence electrons. The Morgan fingerprint density at radius 2 is 1.85 bits per heavy atom. The molecule has 0 saturated carbocycles. The molecular weight excluding hydrogens is 375 g/mol. The number of halogens is 5. The summed E-state index contributed by atoms with van der Waals surface area (Å²) in [6.07, 6.45) is -5.54. The minimum atomic E-state index is -4.45. The quantitative estimate of drug-likeness (QED) is 0.624. The SMILES string of the molecule is COC(F)(F)c1nnc2cnc(-c3ccc(OCC(F)(F)F)cc3C)cn12. The largest absolute Gasteiger partial charge is 0.484 e. The molecule has 0 radical (unpaired) electrons. The van der Waals surface area contributed by atoms with Gasteiger partial charge < -0.3 is 9.47 Å². The van der Waals surface area contributed by atoms with Crippen LogP contribution >= 0.6 is 0 Å². The van der Waals surface area contributed by atoms with Gasteiger partial charge in [0.15, 0.2) is 12.3 Å².